The number of hydrogen-bond donors (Lipinski definition) is 2. The Morgan fingerprint density at radius 3 is 2.40 bits per heavy atom. The molecule has 0 saturated heterocycles. The van der Waals surface area contributed by atoms with Crippen LogP contribution in [0.1, 0.15) is 37.2 Å². The van der Waals surface area contributed by atoms with Gasteiger partial charge < -0.3 is 10.4 Å². The fourth-order valence-electron chi connectivity index (χ4n) is 4.20. The van der Waals surface area contributed by atoms with Crippen molar-refractivity contribution in [2.45, 2.75) is 37.6 Å². The third kappa shape index (κ3) is 3.92. The maximum absolute atomic E-state index is 14.0. The van der Waals surface area contributed by atoms with Crippen molar-refractivity contribution in [1.29, 1.82) is 0 Å². The molecule has 2 aromatic rings. The van der Waals surface area contributed by atoms with Gasteiger partial charge in [0.05, 0.1) is 17.8 Å². The van der Waals surface area contributed by atoms with E-state index in [0.29, 0.717) is 12.0 Å². The maximum Gasteiger partial charge on any atom is 0.294 e. The number of halogens is 2. The number of aliphatic hydroxyl groups is 1. The minimum absolute atomic E-state index is 0.0514. The molecule has 1 aliphatic heterocycles. The molecule has 2 aromatic carbocycles. The van der Waals surface area contributed by atoms with Crippen molar-refractivity contribution >= 4 is 17.5 Å². The highest BCUT2D eigenvalue weighted by Gasteiger charge is 2.37. The van der Waals surface area contributed by atoms with Crippen LogP contribution in [-0.2, 0) is 9.59 Å². The summed E-state index contributed by atoms with van der Waals surface area (Å²) in [5, 5.41) is 13.0. The second kappa shape index (κ2) is 8.26. The van der Waals surface area contributed by atoms with Crippen molar-refractivity contribution in [3.63, 3.8) is 0 Å². The minimum atomic E-state index is -0.933. The number of carbonyl (C=O) groups is 2. The zero-order chi connectivity index (χ0) is 21.3. The van der Waals surface area contributed by atoms with E-state index in [2.05, 4.69) is 17.4 Å². The van der Waals surface area contributed by atoms with Crippen LogP contribution in [0.5, 0.6) is 0 Å². The van der Waals surface area contributed by atoms with Crippen LogP contribution in [0.4, 0.5) is 14.5 Å². The number of benzene rings is 2. The zero-order valence-corrected chi connectivity index (χ0v) is 16.3. The lowest BCUT2D eigenvalue weighted by Gasteiger charge is -2.29. The van der Waals surface area contributed by atoms with Gasteiger partial charge in [0.1, 0.15) is 11.6 Å². The van der Waals surface area contributed by atoms with E-state index in [1.807, 2.05) is 18.2 Å². The van der Waals surface area contributed by atoms with Crippen LogP contribution in [0.15, 0.2) is 59.9 Å². The molecule has 0 bridgehead atoms. The van der Waals surface area contributed by atoms with E-state index < -0.39 is 29.2 Å². The summed E-state index contributed by atoms with van der Waals surface area (Å²) in [4.78, 5) is 25.9. The van der Waals surface area contributed by atoms with Crippen LogP contribution in [0, 0.1) is 11.6 Å². The topological polar surface area (TPSA) is 69.6 Å². The largest absolute Gasteiger partial charge is 0.503 e. The molecule has 156 valence electrons. The fourth-order valence-corrected chi connectivity index (χ4v) is 4.20. The summed E-state index contributed by atoms with van der Waals surface area (Å²) < 4.78 is 27.2. The summed E-state index contributed by atoms with van der Waals surface area (Å²) in [5.41, 5.74) is 1.01. The predicted octanol–water partition coefficient (Wildman–Crippen LogP) is 3.97. The van der Waals surface area contributed by atoms with Gasteiger partial charge in [-0.1, -0.05) is 30.3 Å². The minimum Gasteiger partial charge on any atom is -0.503 e. The number of hydrogen-bond acceptors (Lipinski definition) is 3. The molecular weight excluding hydrogens is 390 g/mol. The Hall–Kier alpha value is -3.22. The van der Waals surface area contributed by atoms with Crippen molar-refractivity contribution in [3.05, 3.63) is 77.1 Å². The van der Waals surface area contributed by atoms with Gasteiger partial charge in [-0.3, -0.25) is 14.5 Å². The molecular formula is C23H22F2N2O3. The van der Waals surface area contributed by atoms with E-state index >= 15 is 0 Å². The number of amides is 2. The normalized spacial score (nSPS) is 21.8. The molecule has 1 aliphatic carbocycles. The number of nitrogens with one attached hydrogen (secondary N) is 1. The summed E-state index contributed by atoms with van der Waals surface area (Å²) in [6, 6.07) is 13.0. The molecule has 5 nitrogen and oxygen atoms in total. The molecule has 1 saturated carbocycles. The summed E-state index contributed by atoms with van der Waals surface area (Å²) in [6.45, 7) is -0.265. The standard InChI is InChI=1S/C23H22F2N2O3/c24-16-8-11-20(19(25)12-16)27-13-18(21(28)23(27)30)22(29)26-17-9-6-15(7-10-17)14-4-2-1-3-5-14/h1-5,8,11-12,15,17,28H,6-7,9-10,13H2,(H,26,29). The summed E-state index contributed by atoms with van der Waals surface area (Å²) in [5.74, 6) is -3.36. The number of aliphatic hydroxyl groups excluding tert-OH is 1. The van der Waals surface area contributed by atoms with E-state index in [1.165, 1.54) is 5.56 Å². The molecule has 2 aliphatic rings. The van der Waals surface area contributed by atoms with Crippen LogP contribution in [-0.4, -0.2) is 29.5 Å². The van der Waals surface area contributed by atoms with Gasteiger partial charge in [-0.2, -0.15) is 0 Å². The highest BCUT2D eigenvalue weighted by Crippen LogP contribution is 2.33. The second-order valence-corrected chi connectivity index (χ2v) is 7.75. The molecule has 7 heteroatoms. The lowest BCUT2D eigenvalue weighted by molar-refractivity contribution is -0.119. The highest BCUT2D eigenvalue weighted by atomic mass is 19.1. The first-order valence-electron chi connectivity index (χ1n) is 9.99. The fraction of sp³-hybridized carbons (Fsp3) is 0.304. The van der Waals surface area contributed by atoms with Gasteiger partial charge in [0.2, 0.25) is 0 Å². The van der Waals surface area contributed by atoms with E-state index in [4.69, 9.17) is 0 Å². The lowest BCUT2D eigenvalue weighted by atomic mass is 9.82. The Labute approximate surface area is 173 Å². The van der Waals surface area contributed by atoms with Crippen LogP contribution in [0.2, 0.25) is 0 Å². The number of carbonyl (C=O) groups excluding carboxylic acids is 2. The Morgan fingerprint density at radius 1 is 1.03 bits per heavy atom. The first kappa shape index (κ1) is 20.1. The van der Waals surface area contributed by atoms with E-state index in [-0.39, 0.29) is 23.8 Å². The quantitative estimate of drug-likeness (QED) is 0.799. The second-order valence-electron chi connectivity index (χ2n) is 7.75. The average molecular weight is 412 g/mol. The molecule has 2 amide bonds. The average Bonchev–Trinajstić information content (AvgIpc) is 3.04. The SMILES string of the molecule is O=C(NC1CCC(c2ccccc2)CC1)C1=C(O)C(=O)N(c2ccc(F)cc2F)C1. The van der Waals surface area contributed by atoms with Gasteiger partial charge >= 0.3 is 0 Å². The molecule has 0 spiro atoms. The van der Waals surface area contributed by atoms with Gasteiger partial charge in [-0.15, -0.1) is 0 Å². The first-order chi connectivity index (χ1) is 14.4. The van der Waals surface area contributed by atoms with E-state index in [9.17, 15) is 23.5 Å². The highest BCUT2D eigenvalue weighted by molar-refractivity contribution is 6.14. The molecule has 2 N–H and O–H groups in total. The Balaban J connectivity index is 1.38. The Morgan fingerprint density at radius 2 is 1.73 bits per heavy atom. The third-order valence-electron chi connectivity index (χ3n) is 5.86. The molecule has 0 radical (unpaired) electrons. The van der Waals surface area contributed by atoms with E-state index in [0.717, 1.165) is 42.7 Å². The predicted molar refractivity (Wildman–Crippen MR) is 108 cm³/mol. The van der Waals surface area contributed by atoms with Gasteiger partial charge in [-0.25, -0.2) is 8.78 Å². The van der Waals surface area contributed by atoms with Crippen LogP contribution in [0.3, 0.4) is 0 Å². The molecule has 0 unspecified atom stereocenters. The monoisotopic (exact) mass is 412 g/mol. The Bertz CT molecular complexity index is 999. The lowest BCUT2D eigenvalue weighted by Crippen LogP contribution is -2.39. The number of rotatable bonds is 4. The van der Waals surface area contributed by atoms with Crippen molar-refractivity contribution in [2.75, 3.05) is 11.4 Å². The van der Waals surface area contributed by atoms with Gasteiger partial charge in [-0.05, 0) is 49.3 Å². The molecule has 30 heavy (non-hydrogen) atoms. The van der Waals surface area contributed by atoms with Crippen LogP contribution in [0.25, 0.3) is 0 Å². The van der Waals surface area contributed by atoms with Crippen molar-refractivity contribution in [3.8, 4) is 0 Å². The van der Waals surface area contributed by atoms with Gasteiger partial charge in [0, 0.05) is 12.1 Å². The van der Waals surface area contributed by atoms with Crippen LogP contribution >= 0.6 is 0 Å². The smallest absolute Gasteiger partial charge is 0.294 e. The molecule has 1 heterocycles. The number of anilines is 1. The van der Waals surface area contributed by atoms with Gasteiger partial charge in [0.15, 0.2) is 5.76 Å². The molecule has 1 fully saturated rings. The zero-order valence-electron chi connectivity index (χ0n) is 16.3. The van der Waals surface area contributed by atoms with Crippen LogP contribution < -0.4 is 10.2 Å². The van der Waals surface area contributed by atoms with Crippen molar-refractivity contribution in [1.82, 2.24) is 5.32 Å². The summed E-state index contributed by atoms with van der Waals surface area (Å²) in [6.07, 6.45) is 3.46. The summed E-state index contributed by atoms with van der Waals surface area (Å²) in [7, 11) is 0. The maximum atomic E-state index is 14.0. The molecule has 0 aromatic heterocycles. The first-order valence-corrected chi connectivity index (χ1v) is 9.99. The third-order valence-corrected chi connectivity index (χ3v) is 5.86. The Kier molecular flexibility index (Phi) is 5.53. The molecule has 0 atom stereocenters. The molecule has 4 rings (SSSR count). The van der Waals surface area contributed by atoms with Crippen molar-refractivity contribution < 1.29 is 23.5 Å². The van der Waals surface area contributed by atoms with E-state index in [1.54, 1.807) is 0 Å². The van der Waals surface area contributed by atoms with Gasteiger partial charge in [0.25, 0.3) is 11.8 Å². The summed E-state index contributed by atoms with van der Waals surface area (Å²) >= 11 is 0. The van der Waals surface area contributed by atoms with Crippen molar-refractivity contribution in [2.24, 2.45) is 0 Å². The number of nitrogens with zero attached hydrogens (tertiary/aromatic N) is 1.